The Kier molecular flexibility index (Phi) is 6.06. The first-order valence-electron chi connectivity index (χ1n) is 7.96. The summed E-state index contributed by atoms with van der Waals surface area (Å²) in [6.07, 6.45) is 0.506. The Balaban J connectivity index is 1.85. The lowest BCUT2D eigenvalue weighted by Crippen LogP contribution is -2.44. The maximum Gasteiger partial charge on any atom is 0.247 e. The first-order chi connectivity index (χ1) is 11.5. The van der Waals surface area contributed by atoms with Crippen LogP contribution < -0.4 is 10.6 Å². The third-order valence-corrected chi connectivity index (χ3v) is 3.45. The fourth-order valence-corrected chi connectivity index (χ4v) is 2.09. The molecule has 7 heteroatoms. The summed E-state index contributed by atoms with van der Waals surface area (Å²) in [4.78, 5) is 23.4. The van der Waals surface area contributed by atoms with Gasteiger partial charge < -0.3 is 15.1 Å². The van der Waals surface area contributed by atoms with Crippen molar-refractivity contribution in [3.63, 3.8) is 0 Å². The first-order valence-corrected chi connectivity index (χ1v) is 7.96. The molecule has 2 aromatic rings. The molecule has 2 amide bonds. The zero-order valence-electron chi connectivity index (χ0n) is 14.1. The summed E-state index contributed by atoms with van der Waals surface area (Å²) in [5, 5.41) is 13.2. The quantitative estimate of drug-likeness (QED) is 0.804. The van der Waals surface area contributed by atoms with E-state index in [4.69, 9.17) is 4.42 Å². The lowest BCUT2D eigenvalue weighted by Gasteiger charge is -2.12. The van der Waals surface area contributed by atoms with E-state index in [0.29, 0.717) is 24.7 Å². The van der Waals surface area contributed by atoms with Crippen molar-refractivity contribution in [2.45, 2.75) is 39.7 Å². The monoisotopic (exact) mass is 330 g/mol. The number of carbonyl (C=O) groups is 2. The highest BCUT2D eigenvalue weighted by atomic mass is 16.4. The van der Waals surface area contributed by atoms with E-state index in [-0.39, 0.29) is 18.2 Å². The molecular formula is C17H22N4O3. The first kappa shape index (κ1) is 17.7. The van der Waals surface area contributed by atoms with Crippen LogP contribution in [0.25, 0.3) is 11.5 Å². The zero-order chi connectivity index (χ0) is 17.5. The number of hydrogen-bond donors (Lipinski definition) is 2. The molecule has 7 nitrogen and oxygen atoms in total. The van der Waals surface area contributed by atoms with Crippen LogP contribution in [0.3, 0.4) is 0 Å². The molecule has 1 aromatic carbocycles. The molecular weight excluding hydrogens is 308 g/mol. The Morgan fingerprint density at radius 3 is 2.58 bits per heavy atom. The van der Waals surface area contributed by atoms with Gasteiger partial charge in [0.15, 0.2) is 0 Å². The van der Waals surface area contributed by atoms with E-state index in [1.54, 1.807) is 6.92 Å². The van der Waals surface area contributed by atoms with E-state index in [1.807, 2.05) is 38.1 Å². The smallest absolute Gasteiger partial charge is 0.247 e. The van der Waals surface area contributed by atoms with Crippen LogP contribution in [0.1, 0.15) is 31.7 Å². The van der Waals surface area contributed by atoms with Gasteiger partial charge >= 0.3 is 0 Å². The van der Waals surface area contributed by atoms with Gasteiger partial charge in [-0.25, -0.2) is 0 Å². The van der Waals surface area contributed by atoms with Gasteiger partial charge in [0.2, 0.25) is 23.6 Å². The van der Waals surface area contributed by atoms with Crippen LogP contribution in [0, 0.1) is 6.92 Å². The minimum atomic E-state index is -0.566. The number of aromatic nitrogens is 2. The summed E-state index contributed by atoms with van der Waals surface area (Å²) in [6, 6.07) is 7.19. The molecule has 0 bridgehead atoms. The van der Waals surface area contributed by atoms with E-state index in [9.17, 15) is 9.59 Å². The summed E-state index contributed by atoms with van der Waals surface area (Å²) in [6.45, 7) is 6.00. The Bertz CT molecular complexity index is 694. The van der Waals surface area contributed by atoms with Gasteiger partial charge in [0.1, 0.15) is 6.04 Å². The van der Waals surface area contributed by atoms with Crippen LogP contribution in [-0.4, -0.2) is 34.6 Å². The van der Waals surface area contributed by atoms with Crippen LogP contribution >= 0.6 is 0 Å². The molecule has 0 aliphatic rings. The zero-order valence-corrected chi connectivity index (χ0v) is 14.1. The lowest BCUT2D eigenvalue weighted by molar-refractivity contribution is -0.128. The van der Waals surface area contributed by atoms with Crippen molar-refractivity contribution in [2.75, 3.05) is 6.54 Å². The van der Waals surface area contributed by atoms with Gasteiger partial charge in [-0.3, -0.25) is 9.59 Å². The molecule has 0 aliphatic carbocycles. The molecule has 1 aromatic heterocycles. The maximum atomic E-state index is 11.9. The van der Waals surface area contributed by atoms with E-state index in [2.05, 4.69) is 20.8 Å². The van der Waals surface area contributed by atoms with Gasteiger partial charge in [-0.15, -0.1) is 10.2 Å². The second kappa shape index (κ2) is 8.24. The standard InChI is InChI=1S/C17H22N4O3/c1-4-18-16(23)12(3)19-14(22)9-10-15-20-21-17(24-15)13-7-5-11(2)6-8-13/h5-8,12H,4,9-10H2,1-3H3,(H,18,23)(H,19,22)/t12-/m0/s1. The molecule has 0 fully saturated rings. The summed E-state index contributed by atoms with van der Waals surface area (Å²) < 4.78 is 5.57. The van der Waals surface area contributed by atoms with Crippen molar-refractivity contribution in [1.82, 2.24) is 20.8 Å². The van der Waals surface area contributed by atoms with E-state index in [0.717, 1.165) is 11.1 Å². The lowest BCUT2D eigenvalue weighted by atomic mass is 10.1. The van der Waals surface area contributed by atoms with E-state index in [1.165, 1.54) is 0 Å². The van der Waals surface area contributed by atoms with Gasteiger partial charge in [0, 0.05) is 24.9 Å². The highest BCUT2D eigenvalue weighted by Gasteiger charge is 2.16. The maximum absolute atomic E-state index is 11.9. The number of amides is 2. The summed E-state index contributed by atoms with van der Waals surface area (Å²) in [5.74, 6) is 0.390. The SMILES string of the molecule is CCNC(=O)[C@H](C)NC(=O)CCc1nnc(-c2ccc(C)cc2)o1. The molecule has 1 atom stereocenters. The molecule has 0 aliphatic heterocycles. The van der Waals surface area contributed by atoms with Crippen molar-refractivity contribution in [2.24, 2.45) is 0 Å². The number of benzene rings is 1. The van der Waals surface area contributed by atoms with Crippen molar-refractivity contribution < 1.29 is 14.0 Å². The fraction of sp³-hybridized carbons (Fsp3) is 0.412. The number of nitrogens with one attached hydrogen (secondary N) is 2. The predicted octanol–water partition coefficient (Wildman–Crippen LogP) is 1.62. The van der Waals surface area contributed by atoms with Crippen molar-refractivity contribution in [3.8, 4) is 11.5 Å². The fourth-order valence-electron chi connectivity index (χ4n) is 2.09. The summed E-state index contributed by atoms with van der Waals surface area (Å²) in [5.41, 5.74) is 1.99. The third kappa shape index (κ3) is 4.91. The summed E-state index contributed by atoms with van der Waals surface area (Å²) in [7, 11) is 0. The summed E-state index contributed by atoms with van der Waals surface area (Å²) >= 11 is 0. The Labute approximate surface area is 140 Å². The van der Waals surface area contributed by atoms with Crippen LogP contribution in [0.2, 0.25) is 0 Å². The van der Waals surface area contributed by atoms with Gasteiger partial charge in [-0.1, -0.05) is 17.7 Å². The van der Waals surface area contributed by atoms with Crippen molar-refractivity contribution >= 4 is 11.8 Å². The highest BCUT2D eigenvalue weighted by molar-refractivity contribution is 5.87. The van der Waals surface area contributed by atoms with Crippen LogP contribution in [0.4, 0.5) is 0 Å². The average Bonchev–Trinajstić information content (AvgIpc) is 3.03. The number of rotatable bonds is 7. The second-order valence-corrected chi connectivity index (χ2v) is 5.55. The molecule has 1 heterocycles. The molecule has 0 unspecified atom stereocenters. The molecule has 0 saturated carbocycles. The molecule has 0 spiro atoms. The Hall–Kier alpha value is -2.70. The van der Waals surface area contributed by atoms with Crippen LogP contribution in [-0.2, 0) is 16.0 Å². The molecule has 24 heavy (non-hydrogen) atoms. The largest absolute Gasteiger partial charge is 0.421 e. The van der Waals surface area contributed by atoms with Crippen molar-refractivity contribution in [1.29, 1.82) is 0 Å². The van der Waals surface area contributed by atoms with Crippen LogP contribution in [0.5, 0.6) is 0 Å². The van der Waals surface area contributed by atoms with Crippen LogP contribution in [0.15, 0.2) is 28.7 Å². The van der Waals surface area contributed by atoms with Crippen molar-refractivity contribution in [3.05, 3.63) is 35.7 Å². The second-order valence-electron chi connectivity index (χ2n) is 5.55. The normalized spacial score (nSPS) is 11.8. The van der Waals surface area contributed by atoms with Gasteiger partial charge in [-0.05, 0) is 32.9 Å². The van der Waals surface area contributed by atoms with Gasteiger partial charge in [0.25, 0.3) is 0 Å². The molecule has 2 rings (SSSR count). The Morgan fingerprint density at radius 2 is 1.92 bits per heavy atom. The molecule has 128 valence electrons. The minimum absolute atomic E-state index is 0.180. The number of hydrogen-bond acceptors (Lipinski definition) is 5. The molecule has 0 saturated heterocycles. The number of likely N-dealkylation sites (N-methyl/N-ethyl adjacent to an activating group) is 1. The number of nitrogens with zero attached hydrogens (tertiary/aromatic N) is 2. The number of aryl methyl sites for hydroxylation is 2. The number of carbonyl (C=O) groups excluding carboxylic acids is 2. The highest BCUT2D eigenvalue weighted by Crippen LogP contribution is 2.18. The van der Waals surface area contributed by atoms with E-state index >= 15 is 0 Å². The van der Waals surface area contributed by atoms with Gasteiger partial charge in [-0.2, -0.15) is 0 Å². The van der Waals surface area contributed by atoms with Gasteiger partial charge in [0.05, 0.1) is 0 Å². The molecule has 2 N–H and O–H groups in total. The minimum Gasteiger partial charge on any atom is -0.421 e. The average molecular weight is 330 g/mol. The predicted molar refractivity (Wildman–Crippen MR) is 89.1 cm³/mol. The molecule has 0 radical (unpaired) electrons. The van der Waals surface area contributed by atoms with E-state index < -0.39 is 6.04 Å². The Morgan fingerprint density at radius 1 is 1.21 bits per heavy atom. The topological polar surface area (TPSA) is 97.1 Å². The third-order valence-electron chi connectivity index (χ3n) is 3.45.